The largest absolute Gasteiger partial charge is 0.327 e. The molecule has 2 aliphatic rings. The van der Waals surface area contributed by atoms with Gasteiger partial charge in [0.25, 0.3) is 5.91 Å². The molecule has 0 aliphatic carbocycles. The van der Waals surface area contributed by atoms with Crippen LogP contribution in [-0.2, 0) is 14.8 Å². The van der Waals surface area contributed by atoms with Gasteiger partial charge in [0.2, 0.25) is 10.0 Å². The molecule has 0 saturated carbocycles. The van der Waals surface area contributed by atoms with Crippen LogP contribution in [0.2, 0.25) is 0 Å². The molecule has 138 valence electrons. The number of hydrogen-bond donors (Lipinski definition) is 2. The summed E-state index contributed by atoms with van der Waals surface area (Å²) in [6, 6.07) is 6.52. The van der Waals surface area contributed by atoms with Crippen LogP contribution in [-0.4, -0.2) is 51.4 Å². The first-order valence-electron chi connectivity index (χ1n) is 9.19. The number of nitrogens with zero attached hydrogens (tertiary/aromatic N) is 1. The van der Waals surface area contributed by atoms with Gasteiger partial charge >= 0.3 is 0 Å². The zero-order valence-electron chi connectivity index (χ0n) is 14.8. The van der Waals surface area contributed by atoms with E-state index in [1.165, 1.54) is 22.0 Å². The van der Waals surface area contributed by atoms with Crippen molar-refractivity contribution in [1.82, 2.24) is 4.31 Å². The molecule has 7 heteroatoms. The van der Waals surface area contributed by atoms with Crippen LogP contribution in [0, 0.1) is 5.92 Å². The standard InChI is InChI=1S/C18H27N3O3S/c1-15-5-4-10-20(13-15)14-18(22)19-16-6-8-17(9-7-16)25(23,24)21-11-2-3-12-21/h6-9,15H,2-5,10-14H2,1H3,(H,19,22)/p+1/t15-/m0/s1. The van der Waals surface area contributed by atoms with Crippen LogP contribution in [0.1, 0.15) is 32.6 Å². The van der Waals surface area contributed by atoms with E-state index < -0.39 is 10.0 Å². The summed E-state index contributed by atoms with van der Waals surface area (Å²) in [4.78, 5) is 13.8. The summed E-state index contributed by atoms with van der Waals surface area (Å²) in [6.45, 7) is 5.98. The lowest BCUT2D eigenvalue weighted by molar-refractivity contribution is -0.900. The lowest BCUT2D eigenvalue weighted by Gasteiger charge is -2.27. The predicted molar refractivity (Wildman–Crippen MR) is 97.0 cm³/mol. The molecule has 1 amide bonds. The van der Waals surface area contributed by atoms with Crippen molar-refractivity contribution in [3.8, 4) is 0 Å². The lowest BCUT2D eigenvalue weighted by atomic mass is 10.0. The van der Waals surface area contributed by atoms with E-state index >= 15 is 0 Å². The summed E-state index contributed by atoms with van der Waals surface area (Å²) in [5, 5.41) is 2.88. The fourth-order valence-electron chi connectivity index (χ4n) is 3.78. The van der Waals surface area contributed by atoms with Crippen molar-refractivity contribution >= 4 is 21.6 Å². The molecule has 6 nitrogen and oxygen atoms in total. The van der Waals surface area contributed by atoms with Crippen LogP contribution in [0.4, 0.5) is 5.69 Å². The quantitative estimate of drug-likeness (QED) is 0.807. The summed E-state index contributed by atoms with van der Waals surface area (Å²) in [5.41, 5.74) is 0.648. The van der Waals surface area contributed by atoms with Crippen LogP contribution in [0.15, 0.2) is 29.2 Å². The molecule has 2 saturated heterocycles. The molecule has 3 rings (SSSR count). The molecule has 1 aromatic carbocycles. The van der Waals surface area contributed by atoms with E-state index in [1.807, 2.05) is 0 Å². The van der Waals surface area contributed by atoms with Gasteiger partial charge in [-0.1, -0.05) is 6.92 Å². The highest BCUT2D eigenvalue weighted by Gasteiger charge is 2.27. The van der Waals surface area contributed by atoms with Gasteiger partial charge in [-0.15, -0.1) is 0 Å². The number of sulfonamides is 1. The van der Waals surface area contributed by atoms with Crippen molar-refractivity contribution in [3.05, 3.63) is 24.3 Å². The van der Waals surface area contributed by atoms with E-state index in [0.717, 1.165) is 25.9 Å². The van der Waals surface area contributed by atoms with Gasteiger partial charge in [0.15, 0.2) is 6.54 Å². The summed E-state index contributed by atoms with van der Waals surface area (Å²) in [6.07, 6.45) is 4.26. The highest BCUT2D eigenvalue weighted by atomic mass is 32.2. The molecule has 2 atom stereocenters. The molecule has 0 bridgehead atoms. The number of piperidine rings is 1. The number of hydrogen-bond acceptors (Lipinski definition) is 3. The van der Waals surface area contributed by atoms with Gasteiger partial charge in [0, 0.05) is 24.7 Å². The number of quaternary nitrogens is 1. The third kappa shape index (κ3) is 4.59. The van der Waals surface area contributed by atoms with Gasteiger partial charge in [0.1, 0.15) is 0 Å². The van der Waals surface area contributed by atoms with Crippen molar-refractivity contribution < 1.29 is 18.1 Å². The Morgan fingerprint density at radius 3 is 2.52 bits per heavy atom. The molecule has 1 unspecified atom stereocenters. The second kappa shape index (κ2) is 7.85. The monoisotopic (exact) mass is 366 g/mol. The number of benzene rings is 1. The summed E-state index contributed by atoms with van der Waals surface area (Å²) in [5.74, 6) is 0.658. The number of rotatable bonds is 5. The number of nitrogens with one attached hydrogen (secondary N) is 2. The number of carbonyl (C=O) groups excluding carboxylic acids is 1. The Morgan fingerprint density at radius 2 is 1.88 bits per heavy atom. The van der Waals surface area contributed by atoms with Gasteiger partial charge in [-0.2, -0.15) is 4.31 Å². The Bertz CT molecular complexity index is 697. The number of likely N-dealkylation sites (tertiary alicyclic amines) is 1. The summed E-state index contributed by atoms with van der Waals surface area (Å²) >= 11 is 0. The molecule has 2 heterocycles. The van der Waals surface area contributed by atoms with Crippen LogP contribution in [0.5, 0.6) is 0 Å². The van der Waals surface area contributed by atoms with Crippen molar-refractivity contribution in [3.63, 3.8) is 0 Å². The van der Waals surface area contributed by atoms with E-state index in [-0.39, 0.29) is 5.91 Å². The Morgan fingerprint density at radius 1 is 1.20 bits per heavy atom. The minimum atomic E-state index is -3.40. The van der Waals surface area contributed by atoms with Crippen molar-refractivity contribution in [1.29, 1.82) is 0 Å². The maximum Gasteiger partial charge on any atom is 0.279 e. The molecule has 2 aliphatic heterocycles. The smallest absolute Gasteiger partial charge is 0.279 e. The highest BCUT2D eigenvalue weighted by molar-refractivity contribution is 7.89. The first-order valence-corrected chi connectivity index (χ1v) is 10.6. The van der Waals surface area contributed by atoms with Gasteiger partial charge in [0.05, 0.1) is 18.0 Å². The fourth-order valence-corrected chi connectivity index (χ4v) is 5.30. The van der Waals surface area contributed by atoms with E-state index in [2.05, 4.69) is 12.2 Å². The predicted octanol–water partition coefficient (Wildman–Crippen LogP) is 0.724. The van der Waals surface area contributed by atoms with Crippen molar-refractivity contribution in [2.45, 2.75) is 37.5 Å². The average molecular weight is 367 g/mol. The minimum absolute atomic E-state index is 0.0146. The summed E-state index contributed by atoms with van der Waals surface area (Å²) in [7, 11) is -3.40. The molecule has 0 aromatic heterocycles. The van der Waals surface area contributed by atoms with Crippen LogP contribution in [0.3, 0.4) is 0 Å². The van der Waals surface area contributed by atoms with Gasteiger partial charge in [-0.3, -0.25) is 4.79 Å². The Labute approximate surface area is 150 Å². The SMILES string of the molecule is C[C@H]1CCC[NH+](CC(=O)Nc2ccc(S(=O)(=O)N3CCCC3)cc2)C1. The summed E-state index contributed by atoms with van der Waals surface area (Å²) < 4.78 is 26.5. The van der Waals surface area contributed by atoms with E-state index in [9.17, 15) is 13.2 Å². The topological polar surface area (TPSA) is 70.9 Å². The van der Waals surface area contributed by atoms with Gasteiger partial charge < -0.3 is 10.2 Å². The molecule has 0 radical (unpaired) electrons. The zero-order valence-corrected chi connectivity index (χ0v) is 15.6. The molecule has 2 fully saturated rings. The van der Waals surface area contributed by atoms with E-state index in [0.29, 0.717) is 36.1 Å². The molecule has 0 spiro atoms. The fraction of sp³-hybridized carbons (Fsp3) is 0.611. The second-order valence-corrected chi connectivity index (χ2v) is 9.25. The third-order valence-electron chi connectivity index (χ3n) is 5.12. The van der Waals surface area contributed by atoms with Gasteiger partial charge in [-0.25, -0.2) is 8.42 Å². The van der Waals surface area contributed by atoms with Gasteiger partial charge in [-0.05, 0) is 49.9 Å². The van der Waals surface area contributed by atoms with E-state index in [1.54, 1.807) is 24.3 Å². The molecular formula is C18H28N3O3S+. The Kier molecular flexibility index (Phi) is 5.76. The van der Waals surface area contributed by atoms with Crippen LogP contribution in [0.25, 0.3) is 0 Å². The number of carbonyl (C=O) groups is 1. The molecule has 2 N–H and O–H groups in total. The average Bonchev–Trinajstić information content (AvgIpc) is 3.10. The van der Waals surface area contributed by atoms with Crippen molar-refractivity contribution in [2.75, 3.05) is 38.0 Å². The number of amides is 1. The molecular weight excluding hydrogens is 338 g/mol. The Balaban J connectivity index is 1.58. The Hall–Kier alpha value is -1.44. The lowest BCUT2D eigenvalue weighted by Crippen LogP contribution is -3.14. The number of anilines is 1. The third-order valence-corrected chi connectivity index (χ3v) is 7.03. The molecule has 1 aromatic rings. The van der Waals surface area contributed by atoms with Crippen molar-refractivity contribution in [2.24, 2.45) is 5.92 Å². The first kappa shape index (κ1) is 18.4. The van der Waals surface area contributed by atoms with Crippen LogP contribution < -0.4 is 10.2 Å². The normalized spacial score (nSPS) is 25.0. The van der Waals surface area contributed by atoms with E-state index in [4.69, 9.17) is 0 Å². The maximum atomic E-state index is 12.5. The maximum absolute atomic E-state index is 12.5. The molecule has 25 heavy (non-hydrogen) atoms. The highest BCUT2D eigenvalue weighted by Crippen LogP contribution is 2.22. The zero-order chi connectivity index (χ0) is 17.9. The minimum Gasteiger partial charge on any atom is -0.327 e. The second-order valence-electron chi connectivity index (χ2n) is 7.31. The van der Waals surface area contributed by atoms with Crippen LogP contribution >= 0.6 is 0 Å². The first-order chi connectivity index (χ1) is 11.9.